The van der Waals surface area contributed by atoms with Gasteiger partial charge in [-0.25, -0.2) is 12.8 Å². The quantitative estimate of drug-likeness (QED) is 0.584. The first-order chi connectivity index (χ1) is 6.03. The van der Waals surface area contributed by atoms with Crippen molar-refractivity contribution in [1.29, 1.82) is 0 Å². The lowest BCUT2D eigenvalue weighted by Gasteiger charge is -2.35. The van der Waals surface area contributed by atoms with Crippen LogP contribution in [0.2, 0.25) is 0 Å². The van der Waals surface area contributed by atoms with E-state index in [0.29, 0.717) is 12.8 Å². The van der Waals surface area contributed by atoms with E-state index >= 15 is 0 Å². The molecule has 3 unspecified atom stereocenters. The van der Waals surface area contributed by atoms with E-state index < -0.39 is 32.3 Å². The van der Waals surface area contributed by atoms with E-state index in [1.54, 1.807) is 0 Å². The molecule has 0 N–H and O–H groups in total. The second kappa shape index (κ2) is 2.77. The van der Waals surface area contributed by atoms with Gasteiger partial charge in [0, 0.05) is 6.42 Å². The number of Topliss-reactive ketones (excluding diaryl/α,β-unsaturated/α-hetero) is 1. The number of carbonyl (C=O) groups excluding carboxylic acids is 1. The van der Waals surface area contributed by atoms with Crippen molar-refractivity contribution < 1.29 is 17.6 Å². The summed E-state index contributed by atoms with van der Waals surface area (Å²) in [5.74, 6) is -0.524. The molecule has 0 aliphatic carbocycles. The largest absolute Gasteiger partial charge is 0.296 e. The Bertz CT molecular complexity index is 335. The van der Waals surface area contributed by atoms with Crippen LogP contribution in [0.4, 0.5) is 4.39 Å². The van der Waals surface area contributed by atoms with Crippen molar-refractivity contribution in [3.8, 4) is 0 Å². The van der Waals surface area contributed by atoms with Crippen LogP contribution in [0.3, 0.4) is 0 Å². The van der Waals surface area contributed by atoms with E-state index in [-0.39, 0.29) is 6.42 Å². The van der Waals surface area contributed by atoms with Crippen LogP contribution in [0.1, 0.15) is 25.7 Å². The second-order valence-electron chi connectivity index (χ2n) is 3.75. The lowest BCUT2D eigenvalue weighted by Crippen LogP contribution is -2.51. The smallest absolute Gasteiger partial charge is 0.175 e. The molecule has 0 aromatic heterocycles. The zero-order valence-electron chi connectivity index (χ0n) is 7.07. The van der Waals surface area contributed by atoms with Crippen LogP contribution in [-0.4, -0.2) is 30.9 Å². The van der Waals surface area contributed by atoms with Crippen molar-refractivity contribution in [3.05, 3.63) is 0 Å². The maximum Gasteiger partial charge on any atom is 0.175 e. The molecule has 2 bridgehead atoms. The normalized spacial score (nSPS) is 43.2. The maximum atomic E-state index is 13.2. The fraction of sp³-hybridized carbons (Fsp3) is 0.875. The SMILES string of the molecule is O=C1CC2CCCC(C1F)S2(=O)=O. The van der Waals surface area contributed by atoms with Gasteiger partial charge in [0.1, 0.15) is 0 Å². The van der Waals surface area contributed by atoms with E-state index in [4.69, 9.17) is 0 Å². The van der Waals surface area contributed by atoms with Crippen LogP contribution in [-0.2, 0) is 14.6 Å². The molecule has 3 nitrogen and oxygen atoms in total. The zero-order chi connectivity index (χ0) is 9.64. The molecule has 0 spiro atoms. The number of alkyl halides is 1. The van der Waals surface area contributed by atoms with Gasteiger partial charge < -0.3 is 0 Å². The Morgan fingerprint density at radius 3 is 2.69 bits per heavy atom. The van der Waals surface area contributed by atoms with Gasteiger partial charge in [0.15, 0.2) is 21.8 Å². The number of hydrogen-bond acceptors (Lipinski definition) is 3. The lowest BCUT2D eigenvalue weighted by atomic mass is 9.96. The highest BCUT2D eigenvalue weighted by Crippen LogP contribution is 2.36. The fourth-order valence-electron chi connectivity index (χ4n) is 2.20. The number of halogens is 1. The minimum absolute atomic E-state index is 0.111. The molecule has 0 saturated carbocycles. The topological polar surface area (TPSA) is 51.2 Å². The summed E-state index contributed by atoms with van der Waals surface area (Å²) in [7, 11) is -3.34. The Hall–Kier alpha value is -0.450. The average Bonchev–Trinajstić information content (AvgIpc) is 2.03. The van der Waals surface area contributed by atoms with E-state index in [1.807, 2.05) is 0 Å². The van der Waals surface area contributed by atoms with E-state index in [0.717, 1.165) is 6.42 Å². The first-order valence-electron chi connectivity index (χ1n) is 4.43. The van der Waals surface area contributed by atoms with Crippen LogP contribution >= 0.6 is 0 Å². The molecular weight excluding hydrogens is 195 g/mol. The van der Waals surface area contributed by atoms with Crippen LogP contribution < -0.4 is 0 Å². The van der Waals surface area contributed by atoms with Gasteiger partial charge in [-0.1, -0.05) is 6.42 Å². The van der Waals surface area contributed by atoms with Gasteiger partial charge >= 0.3 is 0 Å². The zero-order valence-corrected chi connectivity index (χ0v) is 7.89. The maximum absolute atomic E-state index is 13.2. The Morgan fingerprint density at radius 2 is 2.00 bits per heavy atom. The summed E-state index contributed by atoms with van der Waals surface area (Å²) in [5, 5.41) is -1.63. The molecule has 2 saturated heterocycles. The molecule has 0 amide bonds. The first kappa shape index (κ1) is 9.12. The number of ketones is 1. The molecule has 3 atom stereocenters. The summed E-state index contributed by atoms with van der Waals surface area (Å²) in [4.78, 5) is 11.1. The molecule has 2 rings (SSSR count). The highest BCUT2D eigenvalue weighted by Gasteiger charge is 2.50. The molecule has 0 radical (unpaired) electrons. The van der Waals surface area contributed by atoms with Gasteiger partial charge in [-0.05, 0) is 12.8 Å². The van der Waals surface area contributed by atoms with E-state index in [1.165, 1.54) is 0 Å². The third-order valence-electron chi connectivity index (χ3n) is 2.96. The molecule has 2 aliphatic heterocycles. The van der Waals surface area contributed by atoms with Crippen LogP contribution in [0, 0.1) is 0 Å². The van der Waals surface area contributed by atoms with Gasteiger partial charge in [0.05, 0.1) is 10.5 Å². The van der Waals surface area contributed by atoms with Gasteiger partial charge in [-0.15, -0.1) is 0 Å². The number of fused-ring (bicyclic) bond motifs is 2. The fourth-order valence-corrected chi connectivity index (χ4v) is 4.56. The lowest BCUT2D eigenvalue weighted by molar-refractivity contribution is -0.124. The molecular formula is C8H11FO3S. The van der Waals surface area contributed by atoms with Crippen molar-refractivity contribution in [3.63, 3.8) is 0 Å². The molecule has 13 heavy (non-hydrogen) atoms. The first-order valence-corrected chi connectivity index (χ1v) is 6.04. The summed E-state index contributed by atoms with van der Waals surface area (Å²) < 4.78 is 36.3. The summed E-state index contributed by atoms with van der Waals surface area (Å²) in [6.07, 6.45) is -0.313. The van der Waals surface area contributed by atoms with Gasteiger partial charge in [-0.2, -0.15) is 0 Å². The Labute approximate surface area is 76.2 Å². The van der Waals surface area contributed by atoms with Crippen molar-refractivity contribution >= 4 is 15.6 Å². The van der Waals surface area contributed by atoms with Gasteiger partial charge in [0.25, 0.3) is 0 Å². The monoisotopic (exact) mass is 206 g/mol. The van der Waals surface area contributed by atoms with Crippen molar-refractivity contribution in [2.24, 2.45) is 0 Å². The molecule has 0 aromatic rings. The third-order valence-corrected chi connectivity index (χ3v) is 5.61. The average molecular weight is 206 g/mol. The Morgan fingerprint density at radius 1 is 1.31 bits per heavy atom. The molecule has 2 heterocycles. The molecule has 2 aliphatic rings. The van der Waals surface area contributed by atoms with Crippen molar-refractivity contribution in [1.82, 2.24) is 0 Å². The summed E-state index contributed by atoms with van der Waals surface area (Å²) in [6.45, 7) is 0. The minimum Gasteiger partial charge on any atom is -0.296 e. The predicted molar refractivity (Wildman–Crippen MR) is 44.9 cm³/mol. The number of hydrogen-bond donors (Lipinski definition) is 0. The standard InChI is InChI=1S/C8H11FO3S/c9-8-6(10)4-5-2-1-3-7(8)13(5,11)12/h5,7-8H,1-4H2. The van der Waals surface area contributed by atoms with Crippen LogP contribution in [0.5, 0.6) is 0 Å². The summed E-state index contributed by atoms with van der Waals surface area (Å²) in [6, 6.07) is 0. The van der Waals surface area contributed by atoms with Crippen LogP contribution in [0.25, 0.3) is 0 Å². The minimum atomic E-state index is -3.34. The van der Waals surface area contributed by atoms with Gasteiger partial charge in [0.2, 0.25) is 0 Å². The number of carbonyl (C=O) groups is 1. The summed E-state index contributed by atoms with van der Waals surface area (Å²) in [5.41, 5.74) is 0. The molecule has 74 valence electrons. The molecule has 0 aromatic carbocycles. The third kappa shape index (κ3) is 1.21. The van der Waals surface area contributed by atoms with Gasteiger partial charge in [-0.3, -0.25) is 4.79 Å². The molecule has 2 fully saturated rings. The summed E-state index contributed by atoms with van der Waals surface area (Å²) >= 11 is 0. The van der Waals surface area contributed by atoms with Crippen molar-refractivity contribution in [2.75, 3.05) is 0 Å². The Kier molecular flexibility index (Phi) is 1.94. The Balaban J connectivity index is 2.41. The second-order valence-corrected chi connectivity index (χ2v) is 6.20. The highest BCUT2D eigenvalue weighted by atomic mass is 32.2. The van der Waals surface area contributed by atoms with E-state index in [9.17, 15) is 17.6 Å². The number of sulfone groups is 1. The predicted octanol–water partition coefficient (Wildman–Crippen LogP) is 0.633. The van der Waals surface area contributed by atoms with Crippen LogP contribution in [0.15, 0.2) is 0 Å². The highest BCUT2D eigenvalue weighted by molar-refractivity contribution is 7.92. The van der Waals surface area contributed by atoms with Crippen molar-refractivity contribution in [2.45, 2.75) is 42.4 Å². The van der Waals surface area contributed by atoms with E-state index in [2.05, 4.69) is 0 Å². The number of rotatable bonds is 0. The molecule has 5 heteroatoms.